The minimum atomic E-state index is -1.10. The lowest BCUT2D eigenvalue weighted by Gasteiger charge is -2.23. The Kier molecular flexibility index (Phi) is 3.27. The maximum absolute atomic E-state index is 10.5. The molecule has 0 saturated heterocycles. The number of hydrogen-bond donors (Lipinski definition) is 1. The predicted molar refractivity (Wildman–Crippen MR) is 69.5 cm³/mol. The van der Waals surface area contributed by atoms with Gasteiger partial charge in [-0.3, -0.25) is 0 Å². The molecule has 0 fully saturated rings. The van der Waals surface area contributed by atoms with Crippen LogP contribution in [0.3, 0.4) is 0 Å². The van der Waals surface area contributed by atoms with Crippen molar-refractivity contribution in [1.82, 2.24) is 0 Å². The first-order chi connectivity index (χ1) is 7.51. The fourth-order valence-electron chi connectivity index (χ4n) is 1.56. The molecule has 1 N–H and O–H groups in total. The molecule has 2 rings (SSSR count). The van der Waals surface area contributed by atoms with Gasteiger partial charge in [-0.05, 0) is 25.1 Å². The summed E-state index contributed by atoms with van der Waals surface area (Å²) in [5.74, 6) is 0. The van der Waals surface area contributed by atoms with E-state index in [9.17, 15) is 5.11 Å². The third-order valence-electron chi connectivity index (χ3n) is 2.45. The van der Waals surface area contributed by atoms with E-state index in [2.05, 4.69) is 0 Å². The molecule has 0 amide bonds. The van der Waals surface area contributed by atoms with Crippen molar-refractivity contribution in [3.8, 4) is 0 Å². The molecule has 0 bridgehead atoms. The highest BCUT2D eigenvalue weighted by Gasteiger charge is 2.29. The van der Waals surface area contributed by atoms with E-state index in [-0.39, 0.29) is 0 Å². The molecule has 1 nitrogen and oxygen atoms in total. The van der Waals surface area contributed by atoms with Crippen molar-refractivity contribution >= 4 is 34.5 Å². The van der Waals surface area contributed by atoms with Crippen LogP contribution in [0.1, 0.15) is 17.4 Å². The summed E-state index contributed by atoms with van der Waals surface area (Å²) in [7, 11) is 0. The third-order valence-corrected chi connectivity index (χ3v) is 4.22. The maximum Gasteiger partial charge on any atom is 0.122 e. The van der Waals surface area contributed by atoms with E-state index in [0.29, 0.717) is 14.9 Å². The van der Waals surface area contributed by atoms with Gasteiger partial charge in [0.2, 0.25) is 0 Å². The van der Waals surface area contributed by atoms with Crippen molar-refractivity contribution in [3.63, 3.8) is 0 Å². The topological polar surface area (TPSA) is 20.2 Å². The van der Waals surface area contributed by atoms with Gasteiger partial charge < -0.3 is 5.11 Å². The zero-order valence-corrected chi connectivity index (χ0v) is 10.9. The Morgan fingerprint density at radius 2 is 1.81 bits per heavy atom. The summed E-state index contributed by atoms with van der Waals surface area (Å²) in [5, 5.41) is 11.1. The molecule has 0 aliphatic rings. The molecule has 0 saturated carbocycles. The second kappa shape index (κ2) is 4.38. The van der Waals surface area contributed by atoms with Gasteiger partial charge in [0.1, 0.15) is 5.60 Å². The van der Waals surface area contributed by atoms with Crippen LogP contribution in [0.5, 0.6) is 0 Å². The van der Waals surface area contributed by atoms with Gasteiger partial charge in [-0.25, -0.2) is 0 Å². The molecular formula is C12H10Cl2OS. The molecule has 1 aromatic carbocycles. The highest BCUT2D eigenvalue weighted by atomic mass is 35.5. The van der Waals surface area contributed by atoms with Crippen molar-refractivity contribution in [3.05, 3.63) is 56.2 Å². The van der Waals surface area contributed by atoms with Crippen LogP contribution in [0.15, 0.2) is 36.4 Å². The molecule has 1 atom stereocenters. The van der Waals surface area contributed by atoms with E-state index < -0.39 is 5.60 Å². The molecule has 2 aromatic rings. The second-order valence-electron chi connectivity index (χ2n) is 3.66. The van der Waals surface area contributed by atoms with E-state index in [1.54, 1.807) is 19.1 Å². The van der Waals surface area contributed by atoms with Gasteiger partial charge in [-0.1, -0.05) is 41.4 Å². The SMILES string of the molecule is CC(O)(c1ccc(Cl)s1)c1ccccc1Cl. The van der Waals surface area contributed by atoms with Crippen molar-refractivity contribution in [1.29, 1.82) is 0 Å². The van der Waals surface area contributed by atoms with Gasteiger partial charge in [-0.15, -0.1) is 11.3 Å². The van der Waals surface area contributed by atoms with Crippen LogP contribution >= 0.6 is 34.5 Å². The highest BCUT2D eigenvalue weighted by Crippen LogP contribution is 2.38. The van der Waals surface area contributed by atoms with Crippen molar-refractivity contribution in [2.75, 3.05) is 0 Å². The van der Waals surface area contributed by atoms with Crippen molar-refractivity contribution in [2.45, 2.75) is 12.5 Å². The number of rotatable bonds is 2. The summed E-state index contributed by atoms with van der Waals surface area (Å²) in [5.41, 5.74) is -0.411. The number of thiophene rings is 1. The van der Waals surface area contributed by atoms with E-state index in [1.807, 2.05) is 24.3 Å². The number of hydrogen-bond acceptors (Lipinski definition) is 2. The maximum atomic E-state index is 10.5. The number of halogens is 2. The molecule has 84 valence electrons. The molecule has 1 aromatic heterocycles. The summed E-state index contributed by atoms with van der Waals surface area (Å²) in [6.07, 6.45) is 0. The lowest BCUT2D eigenvalue weighted by atomic mass is 9.94. The average Bonchev–Trinajstić information content (AvgIpc) is 2.66. The summed E-state index contributed by atoms with van der Waals surface area (Å²) in [6.45, 7) is 1.72. The Bertz CT molecular complexity index is 505. The standard InChI is InChI=1S/C12H10Cl2OS/c1-12(15,10-6-7-11(14)16-10)8-4-2-3-5-9(8)13/h2-7,15H,1H3. The zero-order valence-electron chi connectivity index (χ0n) is 8.58. The first-order valence-electron chi connectivity index (χ1n) is 4.75. The Morgan fingerprint density at radius 3 is 2.38 bits per heavy atom. The molecule has 4 heteroatoms. The Morgan fingerprint density at radius 1 is 1.12 bits per heavy atom. The highest BCUT2D eigenvalue weighted by molar-refractivity contribution is 7.16. The molecule has 0 spiro atoms. The van der Waals surface area contributed by atoms with Crippen LogP contribution < -0.4 is 0 Å². The summed E-state index contributed by atoms with van der Waals surface area (Å²) < 4.78 is 0.655. The fourth-order valence-corrected chi connectivity index (χ4v) is 2.99. The van der Waals surface area contributed by atoms with Crippen LogP contribution in [0, 0.1) is 0 Å². The predicted octanol–water partition coefficient (Wildman–Crippen LogP) is 4.31. The summed E-state index contributed by atoms with van der Waals surface area (Å²) in [4.78, 5) is 0.783. The van der Waals surface area contributed by atoms with Gasteiger partial charge in [0.25, 0.3) is 0 Å². The van der Waals surface area contributed by atoms with Gasteiger partial charge in [0.05, 0.1) is 4.34 Å². The molecule has 0 radical (unpaired) electrons. The molecule has 16 heavy (non-hydrogen) atoms. The lowest BCUT2D eigenvalue weighted by Crippen LogP contribution is -2.21. The normalized spacial score (nSPS) is 14.8. The van der Waals surface area contributed by atoms with Crippen LogP contribution in [0.25, 0.3) is 0 Å². The Balaban J connectivity index is 2.50. The van der Waals surface area contributed by atoms with Crippen molar-refractivity contribution in [2.24, 2.45) is 0 Å². The van der Waals surface area contributed by atoms with Crippen LogP contribution in [-0.4, -0.2) is 5.11 Å². The smallest absolute Gasteiger partial charge is 0.122 e. The average molecular weight is 273 g/mol. The Labute approximate surface area is 108 Å². The lowest BCUT2D eigenvalue weighted by molar-refractivity contribution is 0.106. The van der Waals surface area contributed by atoms with Crippen LogP contribution in [0.4, 0.5) is 0 Å². The van der Waals surface area contributed by atoms with E-state index in [0.717, 1.165) is 4.88 Å². The molecule has 0 aliphatic heterocycles. The summed E-state index contributed by atoms with van der Waals surface area (Å²) in [6, 6.07) is 10.9. The van der Waals surface area contributed by atoms with Gasteiger partial charge in [-0.2, -0.15) is 0 Å². The third kappa shape index (κ3) is 2.11. The largest absolute Gasteiger partial charge is 0.380 e. The van der Waals surface area contributed by atoms with Crippen molar-refractivity contribution < 1.29 is 5.11 Å². The second-order valence-corrected chi connectivity index (χ2v) is 5.78. The summed E-state index contributed by atoms with van der Waals surface area (Å²) >= 11 is 13.3. The van der Waals surface area contributed by atoms with E-state index in [1.165, 1.54) is 11.3 Å². The van der Waals surface area contributed by atoms with E-state index in [4.69, 9.17) is 23.2 Å². The molecule has 1 heterocycles. The first kappa shape index (κ1) is 11.9. The fraction of sp³-hybridized carbons (Fsp3) is 0.167. The number of aliphatic hydroxyl groups is 1. The van der Waals surface area contributed by atoms with Gasteiger partial charge >= 0.3 is 0 Å². The first-order valence-corrected chi connectivity index (χ1v) is 6.32. The van der Waals surface area contributed by atoms with Gasteiger partial charge in [0.15, 0.2) is 0 Å². The van der Waals surface area contributed by atoms with Crippen LogP contribution in [-0.2, 0) is 5.60 Å². The zero-order chi connectivity index (χ0) is 11.8. The Hall–Kier alpha value is -0.540. The quantitative estimate of drug-likeness (QED) is 0.864. The molecule has 1 unspecified atom stereocenters. The molecular weight excluding hydrogens is 263 g/mol. The van der Waals surface area contributed by atoms with E-state index >= 15 is 0 Å². The van der Waals surface area contributed by atoms with Gasteiger partial charge in [0, 0.05) is 15.5 Å². The minimum absolute atomic E-state index is 0.553. The molecule has 0 aliphatic carbocycles. The number of benzene rings is 1. The van der Waals surface area contributed by atoms with Crippen LogP contribution in [0.2, 0.25) is 9.36 Å². The monoisotopic (exact) mass is 272 g/mol. The minimum Gasteiger partial charge on any atom is -0.380 e.